The fraction of sp³-hybridized carbons (Fsp3) is 0.227. The number of hydrogen-bond donors (Lipinski definition) is 1. The number of carbonyl (C=O) groups is 1. The minimum absolute atomic E-state index is 0.130. The Morgan fingerprint density at radius 3 is 2.57 bits per heavy atom. The van der Waals surface area contributed by atoms with Crippen LogP contribution in [0.1, 0.15) is 6.92 Å². The maximum absolute atomic E-state index is 12.3. The van der Waals surface area contributed by atoms with Crippen LogP contribution in [0.4, 0.5) is 5.69 Å². The molecule has 0 saturated heterocycles. The third-order valence-corrected chi connectivity index (χ3v) is 5.20. The van der Waals surface area contributed by atoms with E-state index in [0.29, 0.717) is 42.0 Å². The van der Waals surface area contributed by atoms with Gasteiger partial charge in [-0.25, -0.2) is 0 Å². The Morgan fingerprint density at radius 2 is 1.83 bits per heavy atom. The van der Waals surface area contributed by atoms with Gasteiger partial charge in [0.1, 0.15) is 24.0 Å². The lowest BCUT2D eigenvalue weighted by Gasteiger charge is -2.18. The molecule has 0 atom stereocenters. The molecule has 1 aliphatic heterocycles. The van der Waals surface area contributed by atoms with Crippen LogP contribution in [0.5, 0.6) is 17.2 Å². The lowest BCUT2D eigenvalue weighted by Crippen LogP contribution is -2.17. The quantitative estimate of drug-likeness (QED) is 0.574. The van der Waals surface area contributed by atoms with Crippen LogP contribution in [0, 0.1) is 0 Å². The summed E-state index contributed by atoms with van der Waals surface area (Å²) in [5, 5.41) is 12.0. The zero-order valence-electron chi connectivity index (χ0n) is 16.5. The van der Waals surface area contributed by atoms with Gasteiger partial charge in [-0.2, -0.15) is 0 Å². The predicted molar refractivity (Wildman–Crippen MR) is 115 cm³/mol. The molecule has 1 N–H and O–H groups in total. The lowest BCUT2D eigenvalue weighted by atomic mass is 10.1. The van der Waals surface area contributed by atoms with Crippen molar-refractivity contribution >= 4 is 23.4 Å². The van der Waals surface area contributed by atoms with Crippen molar-refractivity contribution in [2.75, 3.05) is 30.9 Å². The minimum atomic E-state index is -0.130. The summed E-state index contributed by atoms with van der Waals surface area (Å²) in [6.45, 7) is 3.62. The Kier molecular flexibility index (Phi) is 6.34. The third-order valence-electron chi connectivity index (χ3n) is 4.28. The summed E-state index contributed by atoms with van der Waals surface area (Å²) < 4.78 is 16.5. The molecule has 0 bridgehead atoms. The van der Waals surface area contributed by atoms with E-state index in [2.05, 4.69) is 15.5 Å². The van der Waals surface area contributed by atoms with Crippen LogP contribution in [0.15, 0.2) is 59.6 Å². The van der Waals surface area contributed by atoms with Gasteiger partial charge in [-0.1, -0.05) is 11.8 Å². The van der Waals surface area contributed by atoms with Crippen LogP contribution in [-0.4, -0.2) is 41.7 Å². The summed E-state index contributed by atoms with van der Waals surface area (Å²) in [6.07, 6.45) is 0. The first-order valence-electron chi connectivity index (χ1n) is 9.60. The smallest absolute Gasteiger partial charge is 0.234 e. The van der Waals surface area contributed by atoms with Crippen molar-refractivity contribution < 1.29 is 19.0 Å². The maximum Gasteiger partial charge on any atom is 0.234 e. The summed E-state index contributed by atoms with van der Waals surface area (Å²) in [7, 11) is 0. The van der Waals surface area contributed by atoms with Gasteiger partial charge in [-0.3, -0.25) is 4.79 Å². The summed E-state index contributed by atoms with van der Waals surface area (Å²) in [5.41, 5.74) is 2.39. The average molecular weight is 423 g/mol. The molecule has 0 aliphatic carbocycles. The number of fused-ring (bicyclic) bond motifs is 1. The zero-order chi connectivity index (χ0) is 20.8. The van der Waals surface area contributed by atoms with E-state index in [-0.39, 0.29) is 11.7 Å². The molecule has 0 saturated carbocycles. The van der Waals surface area contributed by atoms with E-state index in [4.69, 9.17) is 14.2 Å². The lowest BCUT2D eigenvalue weighted by molar-refractivity contribution is -0.113. The van der Waals surface area contributed by atoms with Gasteiger partial charge in [0, 0.05) is 17.3 Å². The molecule has 4 rings (SSSR count). The van der Waals surface area contributed by atoms with Gasteiger partial charge in [0.25, 0.3) is 0 Å². The van der Waals surface area contributed by atoms with E-state index in [1.165, 1.54) is 11.8 Å². The summed E-state index contributed by atoms with van der Waals surface area (Å²) in [5.74, 6) is 2.25. The number of hydrogen-bond acceptors (Lipinski definition) is 7. The molecular formula is C22H21N3O4S. The number of amides is 1. The summed E-state index contributed by atoms with van der Waals surface area (Å²) in [6, 6.07) is 16.8. The topological polar surface area (TPSA) is 82.6 Å². The highest BCUT2D eigenvalue weighted by atomic mass is 32.2. The Bertz CT molecular complexity index is 1010. The molecule has 2 heterocycles. The first kappa shape index (κ1) is 20.0. The second-order valence-electron chi connectivity index (χ2n) is 6.41. The molecule has 1 aromatic heterocycles. The van der Waals surface area contributed by atoms with Crippen molar-refractivity contribution in [3.05, 3.63) is 54.6 Å². The number of rotatable bonds is 7. The molecule has 8 heteroatoms. The van der Waals surface area contributed by atoms with Crippen LogP contribution < -0.4 is 19.5 Å². The van der Waals surface area contributed by atoms with E-state index in [1.807, 2.05) is 43.3 Å². The van der Waals surface area contributed by atoms with Crippen molar-refractivity contribution in [3.63, 3.8) is 0 Å². The summed E-state index contributed by atoms with van der Waals surface area (Å²) in [4.78, 5) is 12.3. The van der Waals surface area contributed by atoms with Crippen LogP contribution in [0.3, 0.4) is 0 Å². The Balaban J connectivity index is 1.31. The number of nitrogens with one attached hydrogen (secondary N) is 1. The number of carbonyl (C=O) groups excluding carboxylic acids is 1. The molecule has 0 spiro atoms. The number of nitrogens with zero attached hydrogens (tertiary/aromatic N) is 2. The first-order valence-corrected chi connectivity index (χ1v) is 10.6. The van der Waals surface area contributed by atoms with Crippen molar-refractivity contribution in [1.82, 2.24) is 10.2 Å². The highest BCUT2D eigenvalue weighted by molar-refractivity contribution is 7.99. The molecule has 0 unspecified atom stereocenters. The molecular weight excluding hydrogens is 402 g/mol. The second kappa shape index (κ2) is 9.49. The van der Waals surface area contributed by atoms with E-state index in [0.717, 1.165) is 17.0 Å². The molecule has 3 aromatic rings. The van der Waals surface area contributed by atoms with Gasteiger partial charge in [-0.15, -0.1) is 10.2 Å². The normalized spacial score (nSPS) is 12.3. The highest BCUT2D eigenvalue weighted by Gasteiger charge is 2.13. The van der Waals surface area contributed by atoms with Gasteiger partial charge in [-0.05, 0) is 55.5 Å². The molecule has 7 nitrogen and oxygen atoms in total. The zero-order valence-corrected chi connectivity index (χ0v) is 17.3. The van der Waals surface area contributed by atoms with Crippen molar-refractivity contribution in [2.45, 2.75) is 11.9 Å². The number of anilines is 1. The molecule has 0 radical (unpaired) electrons. The highest BCUT2D eigenvalue weighted by Crippen LogP contribution is 2.32. The van der Waals surface area contributed by atoms with Crippen LogP contribution >= 0.6 is 11.8 Å². The number of ether oxygens (including phenoxy) is 3. The minimum Gasteiger partial charge on any atom is -0.494 e. The Hall–Kier alpha value is -3.26. The van der Waals surface area contributed by atoms with Crippen molar-refractivity contribution in [1.29, 1.82) is 0 Å². The maximum atomic E-state index is 12.3. The summed E-state index contributed by atoms with van der Waals surface area (Å²) >= 11 is 1.33. The number of aromatic nitrogens is 2. The predicted octanol–water partition coefficient (Wildman–Crippen LogP) is 4.04. The number of benzene rings is 2. The fourth-order valence-electron chi connectivity index (χ4n) is 2.90. The van der Waals surface area contributed by atoms with Gasteiger partial charge in [0.05, 0.1) is 18.1 Å². The second-order valence-corrected chi connectivity index (χ2v) is 7.41. The van der Waals surface area contributed by atoms with Crippen LogP contribution in [0.25, 0.3) is 11.3 Å². The average Bonchev–Trinajstić information content (AvgIpc) is 2.79. The largest absolute Gasteiger partial charge is 0.494 e. The van der Waals surface area contributed by atoms with E-state index < -0.39 is 0 Å². The molecule has 30 heavy (non-hydrogen) atoms. The van der Waals surface area contributed by atoms with Crippen molar-refractivity contribution in [2.24, 2.45) is 0 Å². The SMILES string of the molecule is CCOc1ccc(-c2ccc(SCC(=O)Nc3ccc4c(c3)OCCO4)nn2)cc1. The van der Waals surface area contributed by atoms with E-state index in [1.54, 1.807) is 18.2 Å². The van der Waals surface area contributed by atoms with Gasteiger partial charge in [0.2, 0.25) is 5.91 Å². The van der Waals surface area contributed by atoms with E-state index in [9.17, 15) is 4.79 Å². The Labute approximate surface area is 178 Å². The standard InChI is InChI=1S/C22H21N3O4S/c1-2-27-17-6-3-15(4-7-17)18-8-10-22(25-24-18)30-14-21(26)23-16-5-9-19-20(13-16)29-12-11-28-19/h3-10,13H,2,11-12,14H2,1H3,(H,23,26). The van der Waals surface area contributed by atoms with Gasteiger partial charge in [0.15, 0.2) is 11.5 Å². The van der Waals surface area contributed by atoms with Gasteiger partial charge < -0.3 is 19.5 Å². The fourth-order valence-corrected chi connectivity index (χ4v) is 3.51. The van der Waals surface area contributed by atoms with Crippen LogP contribution in [-0.2, 0) is 4.79 Å². The van der Waals surface area contributed by atoms with Gasteiger partial charge >= 0.3 is 0 Å². The molecule has 1 aliphatic rings. The Morgan fingerprint density at radius 1 is 1.03 bits per heavy atom. The van der Waals surface area contributed by atoms with E-state index >= 15 is 0 Å². The third kappa shape index (κ3) is 5.01. The monoisotopic (exact) mass is 423 g/mol. The van der Waals surface area contributed by atoms with Crippen LogP contribution in [0.2, 0.25) is 0 Å². The molecule has 0 fully saturated rings. The number of thioether (sulfide) groups is 1. The molecule has 154 valence electrons. The van der Waals surface area contributed by atoms with Crippen molar-refractivity contribution in [3.8, 4) is 28.5 Å². The molecule has 2 aromatic carbocycles. The molecule has 1 amide bonds. The first-order chi connectivity index (χ1) is 14.7.